The highest BCUT2D eigenvalue weighted by Crippen LogP contribution is 2.28. The van der Waals surface area contributed by atoms with Crippen LogP contribution in [0.15, 0.2) is 18.3 Å². The number of morpholine rings is 1. The van der Waals surface area contributed by atoms with E-state index in [-0.39, 0.29) is 0 Å². The number of aliphatic hydroxyl groups excluding tert-OH is 1. The molecule has 0 amide bonds. The van der Waals surface area contributed by atoms with Crippen LogP contribution in [-0.2, 0) is 4.74 Å². The zero-order chi connectivity index (χ0) is 13.9. The Hall–Kier alpha value is -1.17. The molecular weight excluding hydrogens is 254 g/mol. The standard InChI is InChI=1S/C15H23N3O2/c1-12(19)14-3-2-5-16-15(14)18-6-4-13(11-18)17-7-9-20-10-8-17/h2-3,5,12-13,19H,4,6-11H2,1H3/t12-,13?/m1/s1. The Bertz CT molecular complexity index is 446. The molecular formula is C15H23N3O2. The van der Waals surface area contributed by atoms with Gasteiger partial charge in [-0.1, -0.05) is 6.07 Å². The number of ether oxygens (including phenoxy) is 1. The maximum absolute atomic E-state index is 9.89. The summed E-state index contributed by atoms with van der Waals surface area (Å²) >= 11 is 0. The van der Waals surface area contributed by atoms with Crippen molar-refractivity contribution in [2.45, 2.75) is 25.5 Å². The summed E-state index contributed by atoms with van der Waals surface area (Å²) in [6, 6.07) is 4.44. The fourth-order valence-electron chi connectivity index (χ4n) is 3.17. The van der Waals surface area contributed by atoms with Crippen LogP contribution in [0.5, 0.6) is 0 Å². The van der Waals surface area contributed by atoms with Crippen molar-refractivity contribution in [3.63, 3.8) is 0 Å². The quantitative estimate of drug-likeness (QED) is 0.895. The Morgan fingerprint density at radius 3 is 2.90 bits per heavy atom. The van der Waals surface area contributed by atoms with Crippen molar-refractivity contribution < 1.29 is 9.84 Å². The number of rotatable bonds is 3. The summed E-state index contributed by atoms with van der Waals surface area (Å²) in [5.41, 5.74) is 0.926. The predicted octanol–water partition coefficient (Wildman–Crippen LogP) is 1.05. The minimum atomic E-state index is -0.471. The van der Waals surface area contributed by atoms with Crippen molar-refractivity contribution in [1.29, 1.82) is 0 Å². The molecule has 5 heteroatoms. The summed E-state index contributed by atoms with van der Waals surface area (Å²) in [5.74, 6) is 0.943. The van der Waals surface area contributed by atoms with Crippen LogP contribution in [0.25, 0.3) is 0 Å². The van der Waals surface area contributed by atoms with E-state index in [9.17, 15) is 5.11 Å². The van der Waals surface area contributed by atoms with E-state index in [2.05, 4.69) is 14.8 Å². The molecule has 0 aromatic carbocycles. The van der Waals surface area contributed by atoms with E-state index < -0.39 is 6.10 Å². The predicted molar refractivity (Wildman–Crippen MR) is 77.9 cm³/mol. The Morgan fingerprint density at radius 1 is 1.35 bits per heavy atom. The lowest BCUT2D eigenvalue weighted by molar-refractivity contribution is 0.0209. The lowest BCUT2D eigenvalue weighted by Crippen LogP contribution is -2.44. The molecule has 2 atom stereocenters. The molecule has 0 aliphatic carbocycles. The molecule has 3 rings (SSSR count). The third-order valence-corrected chi connectivity index (χ3v) is 4.29. The summed E-state index contributed by atoms with van der Waals surface area (Å²) in [5, 5.41) is 9.89. The van der Waals surface area contributed by atoms with E-state index >= 15 is 0 Å². The van der Waals surface area contributed by atoms with Crippen molar-refractivity contribution in [3.8, 4) is 0 Å². The molecule has 0 spiro atoms. The van der Waals surface area contributed by atoms with Gasteiger partial charge in [-0.2, -0.15) is 0 Å². The van der Waals surface area contributed by atoms with Crippen molar-refractivity contribution >= 4 is 5.82 Å². The van der Waals surface area contributed by atoms with Gasteiger partial charge in [0.1, 0.15) is 5.82 Å². The maximum Gasteiger partial charge on any atom is 0.134 e. The van der Waals surface area contributed by atoms with Gasteiger partial charge in [-0.25, -0.2) is 4.98 Å². The van der Waals surface area contributed by atoms with Gasteiger partial charge in [0.15, 0.2) is 0 Å². The van der Waals surface area contributed by atoms with Gasteiger partial charge >= 0.3 is 0 Å². The highest BCUT2D eigenvalue weighted by atomic mass is 16.5. The topological polar surface area (TPSA) is 48.8 Å². The van der Waals surface area contributed by atoms with Gasteiger partial charge in [-0.3, -0.25) is 4.90 Å². The first-order chi connectivity index (χ1) is 9.75. The average Bonchev–Trinajstić information content (AvgIpc) is 2.98. The lowest BCUT2D eigenvalue weighted by atomic mass is 10.1. The Labute approximate surface area is 120 Å². The summed E-state index contributed by atoms with van der Waals surface area (Å²) in [6.45, 7) is 7.57. The van der Waals surface area contributed by atoms with Gasteiger partial charge in [-0.15, -0.1) is 0 Å². The minimum absolute atomic E-state index is 0.471. The highest BCUT2D eigenvalue weighted by molar-refractivity contribution is 5.49. The number of nitrogens with zero attached hydrogens (tertiary/aromatic N) is 3. The smallest absolute Gasteiger partial charge is 0.134 e. The van der Waals surface area contributed by atoms with Gasteiger partial charge in [0.25, 0.3) is 0 Å². The largest absolute Gasteiger partial charge is 0.389 e. The minimum Gasteiger partial charge on any atom is -0.389 e. The number of aliphatic hydroxyl groups is 1. The van der Waals surface area contributed by atoms with Gasteiger partial charge in [0.05, 0.1) is 19.3 Å². The molecule has 1 unspecified atom stereocenters. The lowest BCUT2D eigenvalue weighted by Gasteiger charge is -2.32. The van der Waals surface area contributed by atoms with Crippen LogP contribution in [0, 0.1) is 0 Å². The van der Waals surface area contributed by atoms with Crippen molar-refractivity contribution in [3.05, 3.63) is 23.9 Å². The summed E-state index contributed by atoms with van der Waals surface area (Å²) in [7, 11) is 0. The van der Waals surface area contributed by atoms with Gasteiger partial charge in [0.2, 0.25) is 0 Å². The van der Waals surface area contributed by atoms with E-state index in [0.717, 1.165) is 57.2 Å². The van der Waals surface area contributed by atoms with E-state index in [4.69, 9.17) is 4.74 Å². The van der Waals surface area contributed by atoms with Crippen molar-refractivity contribution in [2.24, 2.45) is 0 Å². The second kappa shape index (κ2) is 6.08. The molecule has 5 nitrogen and oxygen atoms in total. The first-order valence-electron chi connectivity index (χ1n) is 7.45. The van der Waals surface area contributed by atoms with E-state index in [1.165, 1.54) is 0 Å². The van der Waals surface area contributed by atoms with E-state index in [1.54, 1.807) is 6.92 Å². The van der Waals surface area contributed by atoms with Crippen LogP contribution < -0.4 is 4.90 Å². The number of pyridine rings is 1. The molecule has 110 valence electrons. The molecule has 20 heavy (non-hydrogen) atoms. The molecule has 1 aromatic heterocycles. The van der Waals surface area contributed by atoms with Gasteiger partial charge in [0, 0.05) is 44.0 Å². The van der Waals surface area contributed by atoms with Crippen LogP contribution in [0.4, 0.5) is 5.82 Å². The van der Waals surface area contributed by atoms with E-state index in [1.807, 2.05) is 18.3 Å². The SMILES string of the molecule is C[C@@H](O)c1cccnc1N1CCC(N2CCOCC2)C1. The van der Waals surface area contributed by atoms with Crippen molar-refractivity contribution in [2.75, 3.05) is 44.3 Å². The van der Waals surface area contributed by atoms with Crippen LogP contribution in [0.3, 0.4) is 0 Å². The van der Waals surface area contributed by atoms with Crippen LogP contribution in [-0.4, -0.2) is 60.4 Å². The monoisotopic (exact) mass is 277 g/mol. The molecule has 1 aromatic rings. The summed E-state index contributed by atoms with van der Waals surface area (Å²) in [6.07, 6.45) is 2.50. The molecule has 0 bridgehead atoms. The van der Waals surface area contributed by atoms with Crippen LogP contribution >= 0.6 is 0 Å². The normalized spacial score (nSPS) is 25.9. The second-order valence-corrected chi connectivity index (χ2v) is 5.63. The number of hydrogen-bond donors (Lipinski definition) is 1. The molecule has 2 saturated heterocycles. The molecule has 0 saturated carbocycles. The van der Waals surface area contributed by atoms with Gasteiger partial charge < -0.3 is 14.7 Å². The fourth-order valence-corrected chi connectivity index (χ4v) is 3.17. The number of anilines is 1. The Balaban J connectivity index is 1.70. The number of hydrogen-bond acceptors (Lipinski definition) is 5. The molecule has 2 aliphatic heterocycles. The third kappa shape index (κ3) is 2.80. The third-order valence-electron chi connectivity index (χ3n) is 4.29. The molecule has 2 fully saturated rings. The summed E-state index contributed by atoms with van der Waals surface area (Å²) < 4.78 is 5.42. The first-order valence-corrected chi connectivity index (χ1v) is 7.45. The Morgan fingerprint density at radius 2 is 2.15 bits per heavy atom. The Kier molecular flexibility index (Phi) is 4.19. The molecule has 1 N–H and O–H groups in total. The molecule has 0 radical (unpaired) electrons. The van der Waals surface area contributed by atoms with Crippen LogP contribution in [0.1, 0.15) is 25.0 Å². The van der Waals surface area contributed by atoms with E-state index in [0.29, 0.717) is 6.04 Å². The maximum atomic E-state index is 9.89. The number of aromatic nitrogens is 1. The van der Waals surface area contributed by atoms with Crippen LogP contribution in [0.2, 0.25) is 0 Å². The molecule has 3 heterocycles. The molecule has 2 aliphatic rings. The van der Waals surface area contributed by atoms with Crippen molar-refractivity contribution in [1.82, 2.24) is 9.88 Å². The highest BCUT2D eigenvalue weighted by Gasteiger charge is 2.30. The first kappa shape index (κ1) is 13.8. The van der Waals surface area contributed by atoms with Gasteiger partial charge in [-0.05, 0) is 19.4 Å². The zero-order valence-corrected chi connectivity index (χ0v) is 12.0. The zero-order valence-electron chi connectivity index (χ0n) is 12.0. The fraction of sp³-hybridized carbons (Fsp3) is 0.667. The average molecular weight is 277 g/mol. The summed E-state index contributed by atoms with van der Waals surface area (Å²) in [4.78, 5) is 9.31. The second-order valence-electron chi connectivity index (χ2n) is 5.63.